The van der Waals surface area contributed by atoms with Crippen molar-refractivity contribution in [1.29, 1.82) is 0 Å². The second kappa shape index (κ2) is 11.4. The van der Waals surface area contributed by atoms with Crippen LogP contribution in [0.5, 0.6) is 5.75 Å². The molecule has 9 heteroatoms. The number of aromatic nitrogens is 1. The second-order valence-corrected chi connectivity index (χ2v) is 9.52. The van der Waals surface area contributed by atoms with E-state index >= 15 is 0 Å². The minimum atomic E-state index is -0.539. The minimum absolute atomic E-state index is 0.115. The van der Waals surface area contributed by atoms with Crippen LogP contribution in [0, 0.1) is 0 Å². The van der Waals surface area contributed by atoms with Crippen molar-refractivity contribution in [2.45, 2.75) is 45.8 Å². The molecule has 188 valence electrons. The third kappa shape index (κ3) is 5.62. The lowest BCUT2D eigenvalue weighted by atomic mass is 9.93. The van der Waals surface area contributed by atoms with Crippen molar-refractivity contribution in [3.63, 3.8) is 0 Å². The zero-order chi connectivity index (χ0) is 25.7. The number of rotatable bonds is 9. The number of nitrogens with one attached hydrogen (secondary N) is 1. The van der Waals surface area contributed by atoms with Crippen molar-refractivity contribution in [1.82, 2.24) is 15.2 Å². The smallest absolute Gasteiger partial charge is 0.338 e. The number of carbonyl (C=O) groups is 2. The Morgan fingerprint density at radius 3 is 2.67 bits per heavy atom. The van der Waals surface area contributed by atoms with E-state index in [2.05, 4.69) is 10.3 Å². The lowest BCUT2D eigenvalue weighted by molar-refractivity contribution is -0.143. The fraction of sp³-hybridized carbons (Fsp3) is 0.333. The molecular formula is C27H30N4O4S. The Morgan fingerprint density at radius 1 is 1.17 bits per heavy atom. The Hall–Kier alpha value is -3.59. The quantitative estimate of drug-likeness (QED) is 0.505. The molecule has 1 aromatic heterocycles. The highest BCUT2D eigenvalue weighted by Gasteiger charge is 2.42. The van der Waals surface area contributed by atoms with Crippen LogP contribution in [-0.2, 0) is 20.7 Å². The average molecular weight is 507 g/mol. The van der Waals surface area contributed by atoms with Crippen LogP contribution in [0.15, 0.2) is 76.0 Å². The number of benzene rings is 1. The summed E-state index contributed by atoms with van der Waals surface area (Å²) in [5, 5.41) is 5.60. The number of allylic oxidation sites excluding steroid dienone is 1. The van der Waals surface area contributed by atoms with Crippen LogP contribution in [0.2, 0.25) is 0 Å². The minimum Gasteiger partial charge on any atom is -0.496 e. The molecular weight excluding hydrogens is 476 g/mol. The molecule has 8 nitrogen and oxygen atoms in total. The molecule has 0 fully saturated rings. The SMILES string of the molecule is COc1ccccc1[C@@H]1C(C(=O)OC(C)C)=C(C)N=C2SC=C(CC(=O)NCCc3ccccn3)N21. The monoisotopic (exact) mass is 506 g/mol. The Labute approximate surface area is 215 Å². The number of nitrogens with zero attached hydrogens (tertiary/aromatic N) is 3. The van der Waals surface area contributed by atoms with Crippen LogP contribution in [-0.4, -0.2) is 46.7 Å². The van der Waals surface area contributed by atoms with Gasteiger partial charge in [0.05, 0.1) is 36.9 Å². The van der Waals surface area contributed by atoms with E-state index in [-0.39, 0.29) is 18.4 Å². The number of aliphatic imine (C=N–C) groups is 1. The predicted octanol–water partition coefficient (Wildman–Crippen LogP) is 4.37. The first-order valence-electron chi connectivity index (χ1n) is 11.8. The van der Waals surface area contributed by atoms with Gasteiger partial charge in [-0.15, -0.1) is 0 Å². The van der Waals surface area contributed by atoms with Gasteiger partial charge in [0.2, 0.25) is 5.91 Å². The van der Waals surface area contributed by atoms with Gasteiger partial charge >= 0.3 is 5.97 Å². The summed E-state index contributed by atoms with van der Waals surface area (Å²) < 4.78 is 11.3. The summed E-state index contributed by atoms with van der Waals surface area (Å²) in [5.41, 5.74) is 3.49. The highest BCUT2D eigenvalue weighted by molar-refractivity contribution is 8.16. The Balaban J connectivity index is 1.59. The number of hydrogen-bond acceptors (Lipinski definition) is 8. The molecule has 2 aromatic rings. The van der Waals surface area contributed by atoms with E-state index in [1.54, 1.807) is 13.3 Å². The molecule has 0 bridgehead atoms. The van der Waals surface area contributed by atoms with E-state index in [0.717, 1.165) is 17.0 Å². The number of thioether (sulfide) groups is 1. The van der Waals surface area contributed by atoms with E-state index in [4.69, 9.17) is 14.5 Å². The van der Waals surface area contributed by atoms with Gasteiger partial charge in [0.1, 0.15) is 5.75 Å². The highest BCUT2D eigenvalue weighted by Crippen LogP contribution is 2.46. The number of amides is 1. The Morgan fingerprint density at radius 2 is 1.94 bits per heavy atom. The van der Waals surface area contributed by atoms with Crippen LogP contribution in [0.3, 0.4) is 0 Å². The van der Waals surface area contributed by atoms with Crippen LogP contribution < -0.4 is 10.1 Å². The Kier molecular flexibility index (Phi) is 8.10. The number of pyridine rings is 1. The molecule has 1 amide bonds. The molecule has 0 radical (unpaired) electrons. The number of ether oxygens (including phenoxy) is 2. The number of methoxy groups -OCH3 is 1. The lowest BCUT2D eigenvalue weighted by Gasteiger charge is -2.37. The molecule has 4 rings (SSSR count). The van der Waals surface area contributed by atoms with Gasteiger partial charge in [0.15, 0.2) is 5.17 Å². The third-order valence-electron chi connectivity index (χ3n) is 5.77. The maximum absolute atomic E-state index is 13.3. The lowest BCUT2D eigenvalue weighted by Crippen LogP contribution is -2.38. The Bertz CT molecular complexity index is 1220. The van der Waals surface area contributed by atoms with Crippen molar-refractivity contribution in [2.24, 2.45) is 4.99 Å². The van der Waals surface area contributed by atoms with Gasteiger partial charge in [-0.3, -0.25) is 9.78 Å². The number of fused-ring (bicyclic) bond motifs is 1. The molecule has 0 spiro atoms. The molecule has 1 N–H and O–H groups in total. The molecule has 3 heterocycles. The van der Waals surface area contributed by atoms with Crippen LogP contribution in [0.1, 0.15) is 44.5 Å². The summed E-state index contributed by atoms with van der Waals surface area (Å²) >= 11 is 1.44. The van der Waals surface area contributed by atoms with E-state index in [1.807, 2.05) is 73.5 Å². The molecule has 0 saturated carbocycles. The van der Waals surface area contributed by atoms with E-state index in [0.29, 0.717) is 35.2 Å². The fourth-order valence-corrected chi connectivity index (χ4v) is 5.16. The molecule has 1 aromatic carbocycles. The van der Waals surface area contributed by atoms with Crippen molar-refractivity contribution in [2.75, 3.05) is 13.7 Å². The largest absolute Gasteiger partial charge is 0.496 e. The van der Waals surface area contributed by atoms with Gasteiger partial charge in [-0.25, -0.2) is 9.79 Å². The van der Waals surface area contributed by atoms with Crippen molar-refractivity contribution in [3.05, 3.63) is 82.3 Å². The van der Waals surface area contributed by atoms with Crippen LogP contribution in [0.4, 0.5) is 0 Å². The first kappa shape index (κ1) is 25.5. The van der Waals surface area contributed by atoms with Gasteiger partial charge in [-0.1, -0.05) is 36.0 Å². The number of hydrogen-bond donors (Lipinski definition) is 1. The average Bonchev–Trinajstić information content (AvgIpc) is 3.25. The normalized spacial score (nSPS) is 16.9. The zero-order valence-electron chi connectivity index (χ0n) is 20.9. The van der Waals surface area contributed by atoms with Crippen LogP contribution >= 0.6 is 11.8 Å². The molecule has 2 aliphatic rings. The van der Waals surface area contributed by atoms with Gasteiger partial charge < -0.3 is 19.7 Å². The number of esters is 1. The number of amidine groups is 1. The van der Waals surface area contributed by atoms with E-state index in [1.165, 1.54) is 11.8 Å². The molecule has 1 atom stereocenters. The molecule has 2 aliphatic heterocycles. The van der Waals surface area contributed by atoms with Gasteiger partial charge in [0.25, 0.3) is 0 Å². The summed E-state index contributed by atoms with van der Waals surface area (Å²) in [5.74, 6) is 0.0927. The van der Waals surface area contributed by atoms with Crippen molar-refractivity contribution >= 4 is 28.8 Å². The summed E-state index contributed by atoms with van der Waals surface area (Å²) in [7, 11) is 1.60. The second-order valence-electron chi connectivity index (χ2n) is 8.69. The summed E-state index contributed by atoms with van der Waals surface area (Å²) in [6.07, 6.45) is 2.25. The maximum atomic E-state index is 13.3. The number of carbonyl (C=O) groups excluding carboxylic acids is 2. The predicted molar refractivity (Wildman–Crippen MR) is 140 cm³/mol. The van der Waals surface area contributed by atoms with E-state index in [9.17, 15) is 9.59 Å². The first-order valence-corrected chi connectivity index (χ1v) is 12.7. The van der Waals surface area contributed by atoms with Gasteiger partial charge in [0, 0.05) is 36.1 Å². The summed E-state index contributed by atoms with van der Waals surface area (Å²) in [4.78, 5) is 37.1. The topological polar surface area (TPSA) is 93.1 Å². The maximum Gasteiger partial charge on any atom is 0.338 e. The molecule has 0 saturated heterocycles. The van der Waals surface area contributed by atoms with Crippen LogP contribution in [0.25, 0.3) is 0 Å². The van der Waals surface area contributed by atoms with Crippen molar-refractivity contribution < 1.29 is 19.1 Å². The van der Waals surface area contributed by atoms with E-state index < -0.39 is 12.0 Å². The van der Waals surface area contributed by atoms with Gasteiger partial charge in [-0.2, -0.15) is 0 Å². The third-order valence-corrected chi connectivity index (χ3v) is 6.66. The van der Waals surface area contributed by atoms with Crippen molar-refractivity contribution in [3.8, 4) is 5.75 Å². The summed E-state index contributed by atoms with van der Waals surface area (Å²) in [6, 6.07) is 12.8. The number of para-hydroxylation sites is 1. The molecule has 0 aliphatic carbocycles. The molecule has 36 heavy (non-hydrogen) atoms. The standard InChI is InChI=1S/C27H30N4O4S/c1-17(2)35-26(33)24-18(3)30-27-31(25(24)21-10-5-6-11-22(21)34-4)20(16-36-27)15-23(32)29-14-12-19-9-7-8-13-28-19/h5-11,13,16-17,25H,12,14-15H2,1-4H3,(H,29,32)/t25-/m1/s1. The molecule has 0 unspecified atom stereocenters. The summed E-state index contributed by atoms with van der Waals surface area (Å²) in [6.45, 7) is 5.93. The zero-order valence-corrected chi connectivity index (χ0v) is 21.7. The van der Waals surface area contributed by atoms with Gasteiger partial charge in [-0.05, 0) is 44.4 Å². The first-order chi connectivity index (χ1) is 17.4. The highest BCUT2D eigenvalue weighted by atomic mass is 32.2. The fourth-order valence-electron chi connectivity index (χ4n) is 4.20.